The molecule has 0 N–H and O–H groups in total. The maximum Gasteiger partial charge on any atom is 0.426 e. The molecular formula is C12H12BrNO3. The van der Waals surface area contributed by atoms with E-state index in [-0.39, 0.29) is 5.91 Å². The van der Waals surface area contributed by atoms with E-state index < -0.39 is 11.2 Å². The lowest BCUT2D eigenvalue weighted by molar-refractivity contribution is 0.0762. The van der Waals surface area contributed by atoms with Gasteiger partial charge in [0.2, 0.25) is 5.91 Å². The number of nitrogens with zero attached hydrogens (tertiary/aromatic N) is 1. The molecule has 4 nitrogen and oxygen atoms in total. The van der Waals surface area contributed by atoms with Crippen LogP contribution in [0.15, 0.2) is 31.9 Å². The Morgan fingerprint density at radius 1 is 1.35 bits per heavy atom. The number of halogens is 1. The molecule has 0 aliphatic heterocycles. The summed E-state index contributed by atoms with van der Waals surface area (Å²) in [7, 11) is 0. The molecule has 0 saturated carbocycles. The molecule has 1 aromatic carbocycles. The second-order valence-corrected chi connectivity index (χ2v) is 5.79. The molecule has 17 heavy (non-hydrogen) atoms. The van der Waals surface area contributed by atoms with Gasteiger partial charge in [0.15, 0.2) is 5.58 Å². The average Bonchev–Trinajstić information content (AvgIpc) is 2.50. The lowest BCUT2D eigenvalue weighted by Gasteiger charge is -2.15. The summed E-state index contributed by atoms with van der Waals surface area (Å²) in [5, 5.41) is 0. The highest BCUT2D eigenvalue weighted by Crippen LogP contribution is 2.22. The molecule has 0 aliphatic rings. The zero-order chi connectivity index (χ0) is 12.8. The van der Waals surface area contributed by atoms with Crippen molar-refractivity contribution in [2.45, 2.75) is 20.8 Å². The fraction of sp³-hybridized carbons (Fsp3) is 0.333. The molecule has 1 aromatic heterocycles. The van der Waals surface area contributed by atoms with Crippen LogP contribution in [0.3, 0.4) is 0 Å². The van der Waals surface area contributed by atoms with Gasteiger partial charge >= 0.3 is 5.76 Å². The Morgan fingerprint density at radius 2 is 2.00 bits per heavy atom. The summed E-state index contributed by atoms with van der Waals surface area (Å²) >= 11 is 3.29. The van der Waals surface area contributed by atoms with Crippen molar-refractivity contribution in [3.05, 3.63) is 33.2 Å². The van der Waals surface area contributed by atoms with E-state index in [9.17, 15) is 9.59 Å². The third-order valence-corrected chi connectivity index (χ3v) is 2.88. The molecule has 0 atom stereocenters. The Morgan fingerprint density at radius 3 is 2.59 bits per heavy atom. The highest BCUT2D eigenvalue weighted by molar-refractivity contribution is 9.10. The number of carbonyl (C=O) groups is 1. The molecule has 0 saturated heterocycles. The highest BCUT2D eigenvalue weighted by atomic mass is 79.9. The predicted octanol–water partition coefficient (Wildman–Crippen LogP) is 3.04. The summed E-state index contributed by atoms with van der Waals surface area (Å²) in [4.78, 5) is 23.8. The van der Waals surface area contributed by atoms with Gasteiger partial charge in [0.25, 0.3) is 0 Å². The number of hydrogen-bond acceptors (Lipinski definition) is 3. The number of fused-ring (bicyclic) bond motifs is 1. The molecule has 0 aliphatic carbocycles. The van der Waals surface area contributed by atoms with Gasteiger partial charge in [0, 0.05) is 9.89 Å². The van der Waals surface area contributed by atoms with Gasteiger partial charge in [-0.25, -0.2) is 9.36 Å². The zero-order valence-electron chi connectivity index (χ0n) is 9.78. The fourth-order valence-electron chi connectivity index (χ4n) is 1.52. The van der Waals surface area contributed by atoms with Crippen LogP contribution < -0.4 is 5.76 Å². The average molecular weight is 298 g/mol. The van der Waals surface area contributed by atoms with E-state index in [0.717, 1.165) is 9.04 Å². The van der Waals surface area contributed by atoms with Crippen LogP contribution in [0.1, 0.15) is 25.6 Å². The van der Waals surface area contributed by atoms with Crippen molar-refractivity contribution in [3.63, 3.8) is 0 Å². The predicted molar refractivity (Wildman–Crippen MR) is 68.3 cm³/mol. The minimum atomic E-state index is -0.641. The zero-order valence-corrected chi connectivity index (χ0v) is 11.4. The van der Waals surface area contributed by atoms with Gasteiger partial charge in [0.1, 0.15) is 0 Å². The van der Waals surface area contributed by atoms with Crippen LogP contribution in [0, 0.1) is 5.41 Å². The molecular weight excluding hydrogens is 286 g/mol. The van der Waals surface area contributed by atoms with Crippen molar-refractivity contribution in [3.8, 4) is 0 Å². The van der Waals surface area contributed by atoms with Gasteiger partial charge in [-0.15, -0.1) is 0 Å². The number of benzene rings is 1. The van der Waals surface area contributed by atoms with E-state index in [0.29, 0.717) is 11.1 Å². The van der Waals surface area contributed by atoms with Gasteiger partial charge in [-0.3, -0.25) is 4.79 Å². The van der Waals surface area contributed by atoms with E-state index in [1.165, 1.54) is 0 Å². The van der Waals surface area contributed by atoms with E-state index in [1.54, 1.807) is 39.0 Å². The van der Waals surface area contributed by atoms with Crippen LogP contribution >= 0.6 is 15.9 Å². The molecule has 0 bridgehead atoms. The molecule has 0 amide bonds. The van der Waals surface area contributed by atoms with E-state index in [2.05, 4.69) is 15.9 Å². The second-order valence-electron chi connectivity index (χ2n) is 4.87. The van der Waals surface area contributed by atoms with E-state index in [4.69, 9.17) is 4.42 Å². The number of rotatable bonds is 0. The van der Waals surface area contributed by atoms with Gasteiger partial charge in [-0.2, -0.15) is 0 Å². The van der Waals surface area contributed by atoms with Crippen LogP contribution in [0.4, 0.5) is 0 Å². The summed E-state index contributed by atoms with van der Waals surface area (Å²) in [5.74, 6) is -0.915. The van der Waals surface area contributed by atoms with Gasteiger partial charge < -0.3 is 4.42 Å². The number of aromatic nitrogens is 1. The molecule has 0 radical (unpaired) electrons. The van der Waals surface area contributed by atoms with Crippen LogP contribution in [0.2, 0.25) is 0 Å². The monoisotopic (exact) mass is 297 g/mol. The van der Waals surface area contributed by atoms with E-state index >= 15 is 0 Å². The summed E-state index contributed by atoms with van der Waals surface area (Å²) in [6.45, 7) is 5.29. The minimum absolute atomic E-state index is 0.274. The van der Waals surface area contributed by atoms with Crippen LogP contribution in [-0.2, 0) is 0 Å². The van der Waals surface area contributed by atoms with Gasteiger partial charge in [-0.1, -0.05) is 36.7 Å². The molecule has 1 heterocycles. The maximum absolute atomic E-state index is 12.1. The standard InChI is InChI=1S/C12H12BrNO3/c1-12(2,3)10(15)14-8-5-4-7(13)6-9(8)17-11(14)16/h4-6H,1-3H3. The molecule has 2 aromatic rings. The Balaban J connectivity index is 2.74. The number of hydrogen-bond donors (Lipinski definition) is 0. The smallest absolute Gasteiger partial charge is 0.407 e. The summed E-state index contributed by atoms with van der Waals surface area (Å²) in [6.07, 6.45) is 0. The molecule has 2 rings (SSSR count). The highest BCUT2D eigenvalue weighted by Gasteiger charge is 2.27. The summed E-state index contributed by atoms with van der Waals surface area (Å²) < 4.78 is 6.94. The van der Waals surface area contributed by atoms with Crippen molar-refractivity contribution in [1.29, 1.82) is 0 Å². The second kappa shape index (κ2) is 3.84. The Bertz CT molecular complexity index is 646. The summed E-state index contributed by atoms with van der Waals surface area (Å²) in [6, 6.07) is 5.13. The van der Waals surface area contributed by atoms with Crippen molar-refractivity contribution in [2.24, 2.45) is 5.41 Å². The third kappa shape index (κ3) is 2.07. The Kier molecular flexibility index (Phi) is 2.73. The first-order chi connectivity index (χ1) is 7.80. The molecule has 0 spiro atoms. The van der Waals surface area contributed by atoms with Crippen LogP contribution in [0.25, 0.3) is 11.1 Å². The maximum atomic E-state index is 12.1. The first kappa shape index (κ1) is 12.1. The molecule has 90 valence electrons. The topological polar surface area (TPSA) is 52.2 Å². The number of oxazole rings is 1. The van der Waals surface area contributed by atoms with Crippen molar-refractivity contribution in [2.75, 3.05) is 0 Å². The molecule has 0 fully saturated rings. The summed E-state index contributed by atoms with van der Waals surface area (Å²) in [5.41, 5.74) is 0.272. The minimum Gasteiger partial charge on any atom is -0.407 e. The lowest BCUT2D eigenvalue weighted by Crippen LogP contribution is -2.32. The van der Waals surface area contributed by atoms with Gasteiger partial charge in [0.05, 0.1) is 5.52 Å². The normalized spacial score (nSPS) is 12.0. The SMILES string of the molecule is CC(C)(C)C(=O)n1c(=O)oc2cc(Br)ccc21. The fourth-order valence-corrected chi connectivity index (χ4v) is 1.86. The third-order valence-electron chi connectivity index (χ3n) is 2.39. The molecule has 5 heteroatoms. The number of carbonyl (C=O) groups excluding carboxylic acids is 1. The van der Waals surface area contributed by atoms with Crippen LogP contribution in [-0.4, -0.2) is 10.5 Å². The largest absolute Gasteiger partial charge is 0.426 e. The van der Waals surface area contributed by atoms with Crippen LogP contribution in [0.5, 0.6) is 0 Å². The quantitative estimate of drug-likeness (QED) is 0.751. The molecule has 0 unspecified atom stereocenters. The first-order valence-corrected chi connectivity index (χ1v) is 5.96. The van der Waals surface area contributed by atoms with Crippen molar-refractivity contribution in [1.82, 2.24) is 4.57 Å². The Hall–Kier alpha value is -1.36. The van der Waals surface area contributed by atoms with Crippen molar-refractivity contribution >= 4 is 32.9 Å². The lowest BCUT2D eigenvalue weighted by atomic mass is 9.95. The van der Waals surface area contributed by atoms with Crippen molar-refractivity contribution < 1.29 is 9.21 Å². The van der Waals surface area contributed by atoms with E-state index in [1.807, 2.05) is 0 Å². The van der Waals surface area contributed by atoms with Gasteiger partial charge in [-0.05, 0) is 18.2 Å². The first-order valence-electron chi connectivity index (χ1n) is 5.16. The Labute approximate surface area is 106 Å².